The molecular weight excluding hydrogens is 741 g/mol. The second kappa shape index (κ2) is 16.0. The molecule has 7 aromatic rings. The van der Waals surface area contributed by atoms with Crippen molar-refractivity contribution in [3.8, 4) is 0 Å². The van der Waals surface area contributed by atoms with Crippen LogP contribution in [0.3, 0.4) is 0 Å². The summed E-state index contributed by atoms with van der Waals surface area (Å²) in [7, 11) is 0. The van der Waals surface area contributed by atoms with E-state index in [1.165, 1.54) is 0 Å². The van der Waals surface area contributed by atoms with E-state index in [1.807, 2.05) is 90.1 Å². The average molecular weight is 781 g/mol. The number of carbonyl (C=O) groups excluding carboxylic acids is 2. The number of anilines is 6. The predicted molar refractivity (Wildman–Crippen MR) is 216 cm³/mol. The van der Waals surface area contributed by atoms with E-state index in [9.17, 15) is 9.59 Å². The number of hydrogen-bond acceptors (Lipinski definition) is 11. The Hall–Kier alpha value is -6.18. The molecule has 0 fully saturated rings. The molecule has 0 unspecified atom stereocenters. The van der Waals surface area contributed by atoms with Gasteiger partial charge in [0.05, 0.1) is 23.5 Å². The number of benzene rings is 3. The molecule has 13 nitrogen and oxygen atoms in total. The van der Waals surface area contributed by atoms with E-state index < -0.39 is 11.2 Å². The van der Waals surface area contributed by atoms with Gasteiger partial charge in [-0.2, -0.15) is 19.2 Å². The van der Waals surface area contributed by atoms with Gasteiger partial charge < -0.3 is 25.4 Å². The van der Waals surface area contributed by atoms with Crippen LogP contribution in [0.2, 0.25) is 10.2 Å². The first-order valence-electron chi connectivity index (χ1n) is 17.2. The second-order valence-electron chi connectivity index (χ2n) is 14.2. The van der Waals surface area contributed by atoms with Gasteiger partial charge in [0.2, 0.25) is 0 Å². The number of fused-ring (bicyclic) bond motifs is 2. The van der Waals surface area contributed by atoms with E-state index in [1.54, 1.807) is 70.0 Å². The summed E-state index contributed by atoms with van der Waals surface area (Å²) < 4.78 is 14.2. The topological polar surface area (TPSA) is 149 Å². The average Bonchev–Trinajstić information content (AvgIpc) is 3.78. The Balaban J connectivity index is 0.000000193. The summed E-state index contributed by atoms with van der Waals surface area (Å²) in [5.41, 5.74) is 3.38. The maximum atomic E-state index is 12.4. The third-order valence-corrected chi connectivity index (χ3v) is 7.75. The Labute approximate surface area is 327 Å². The summed E-state index contributed by atoms with van der Waals surface area (Å²) in [6.45, 7) is 11.0. The van der Waals surface area contributed by atoms with E-state index in [0.717, 1.165) is 17.1 Å². The van der Waals surface area contributed by atoms with Crippen molar-refractivity contribution in [3.63, 3.8) is 0 Å². The van der Waals surface area contributed by atoms with Crippen LogP contribution in [0.4, 0.5) is 34.5 Å². The first-order valence-corrected chi connectivity index (χ1v) is 17.9. The standard InChI is InChI=1S/C23H22ClN5O2.C17H17ClN4O2/c1-23(2,3)31-22(30)15-6-4-8-17(12-15)27-21-14-19(28-20-10-11-25-29(20)21)26-18-9-5-7-16(24)13-18;1-17(2,3)24-16(23)11-5-4-6-12(9-11)20-15-10-13(18)21-14-7-8-19-22(14)15/h4-14,27H,1-3H3,(H,26,28);4-10,20H,1-3H3. The van der Waals surface area contributed by atoms with Crippen LogP contribution in [0.15, 0.2) is 109 Å². The molecule has 15 heteroatoms. The molecule has 0 radical (unpaired) electrons. The normalized spacial score (nSPS) is 11.4. The summed E-state index contributed by atoms with van der Waals surface area (Å²) in [6, 6.07) is 28.7. The van der Waals surface area contributed by atoms with Gasteiger partial charge in [0.15, 0.2) is 11.3 Å². The smallest absolute Gasteiger partial charge is 0.338 e. The molecule has 0 bridgehead atoms. The van der Waals surface area contributed by atoms with Crippen LogP contribution in [0.1, 0.15) is 62.3 Å². The third-order valence-electron chi connectivity index (χ3n) is 7.32. The molecule has 7 rings (SSSR count). The zero-order valence-electron chi connectivity index (χ0n) is 31.0. The molecule has 3 N–H and O–H groups in total. The molecule has 4 aromatic heterocycles. The number of halogens is 2. The largest absolute Gasteiger partial charge is 0.456 e. The van der Waals surface area contributed by atoms with Crippen LogP contribution in [-0.4, -0.2) is 52.3 Å². The number of aromatic nitrogens is 6. The second-order valence-corrected chi connectivity index (χ2v) is 15.1. The van der Waals surface area contributed by atoms with Crippen molar-refractivity contribution < 1.29 is 19.1 Å². The highest BCUT2D eigenvalue weighted by atomic mass is 35.5. The molecule has 0 aliphatic carbocycles. The van der Waals surface area contributed by atoms with Crippen molar-refractivity contribution in [1.29, 1.82) is 0 Å². The van der Waals surface area contributed by atoms with Crippen molar-refractivity contribution in [2.75, 3.05) is 16.0 Å². The fraction of sp³-hybridized carbons (Fsp3) is 0.200. The monoisotopic (exact) mass is 779 g/mol. The predicted octanol–water partition coefficient (Wildman–Crippen LogP) is 9.91. The van der Waals surface area contributed by atoms with Gasteiger partial charge in [-0.1, -0.05) is 41.4 Å². The van der Waals surface area contributed by atoms with Crippen LogP contribution < -0.4 is 16.0 Å². The Morgan fingerprint density at radius 2 is 1.05 bits per heavy atom. The van der Waals surface area contributed by atoms with Crippen molar-refractivity contribution >= 4 is 81.0 Å². The first-order chi connectivity index (χ1) is 26.1. The Kier molecular flexibility index (Phi) is 11.2. The van der Waals surface area contributed by atoms with Gasteiger partial charge in [-0.3, -0.25) is 0 Å². The molecule has 0 spiro atoms. The van der Waals surface area contributed by atoms with Gasteiger partial charge in [-0.15, -0.1) is 0 Å². The molecule has 3 aromatic carbocycles. The van der Waals surface area contributed by atoms with Crippen LogP contribution in [0.25, 0.3) is 11.3 Å². The van der Waals surface area contributed by atoms with Crippen LogP contribution in [0.5, 0.6) is 0 Å². The highest BCUT2D eigenvalue weighted by Crippen LogP contribution is 2.26. The molecule has 0 saturated heterocycles. The first kappa shape index (κ1) is 38.5. The number of nitrogens with zero attached hydrogens (tertiary/aromatic N) is 6. The van der Waals surface area contributed by atoms with E-state index in [-0.39, 0.29) is 11.9 Å². The number of ether oxygens (including phenoxy) is 2. The zero-order chi connectivity index (χ0) is 39.3. The fourth-order valence-electron chi connectivity index (χ4n) is 5.17. The lowest BCUT2D eigenvalue weighted by Crippen LogP contribution is -2.23. The molecule has 0 aliphatic heterocycles. The summed E-state index contributed by atoms with van der Waals surface area (Å²) >= 11 is 12.1. The lowest BCUT2D eigenvalue weighted by Gasteiger charge is -2.19. The van der Waals surface area contributed by atoms with Crippen LogP contribution >= 0.6 is 23.2 Å². The van der Waals surface area contributed by atoms with Gasteiger partial charge in [0, 0.05) is 46.4 Å². The Morgan fingerprint density at radius 3 is 1.56 bits per heavy atom. The minimum Gasteiger partial charge on any atom is -0.456 e. The molecule has 282 valence electrons. The Morgan fingerprint density at radius 1 is 0.582 bits per heavy atom. The highest BCUT2D eigenvalue weighted by molar-refractivity contribution is 6.30. The van der Waals surface area contributed by atoms with Crippen molar-refractivity contribution in [2.24, 2.45) is 0 Å². The number of rotatable bonds is 8. The van der Waals surface area contributed by atoms with Crippen LogP contribution in [-0.2, 0) is 9.47 Å². The van der Waals surface area contributed by atoms with Gasteiger partial charge in [-0.05, 0) is 96.1 Å². The summed E-state index contributed by atoms with van der Waals surface area (Å²) in [5.74, 6) is 1.21. The van der Waals surface area contributed by atoms with E-state index >= 15 is 0 Å². The summed E-state index contributed by atoms with van der Waals surface area (Å²) in [5, 5.41) is 19.3. The lowest BCUT2D eigenvalue weighted by atomic mass is 10.1. The quantitative estimate of drug-likeness (QED) is 0.0999. The lowest BCUT2D eigenvalue weighted by molar-refractivity contribution is 0.00571. The summed E-state index contributed by atoms with van der Waals surface area (Å²) in [4.78, 5) is 33.4. The van der Waals surface area contributed by atoms with Gasteiger partial charge in [-0.25, -0.2) is 19.6 Å². The fourth-order valence-corrected chi connectivity index (χ4v) is 5.55. The molecule has 0 aliphatic rings. The number of esters is 2. The summed E-state index contributed by atoms with van der Waals surface area (Å²) in [6.07, 6.45) is 3.31. The molecular formula is C40H39Cl2N9O4. The van der Waals surface area contributed by atoms with E-state index in [4.69, 9.17) is 32.7 Å². The Bertz CT molecular complexity index is 2490. The molecule has 0 amide bonds. The van der Waals surface area contributed by atoms with Crippen molar-refractivity contribution in [1.82, 2.24) is 29.2 Å². The maximum absolute atomic E-state index is 12.4. The number of carbonyl (C=O) groups is 2. The van der Waals surface area contributed by atoms with Gasteiger partial charge in [0.25, 0.3) is 0 Å². The van der Waals surface area contributed by atoms with E-state index in [2.05, 4.69) is 36.1 Å². The SMILES string of the molecule is CC(C)(C)OC(=O)c1cccc(Nc2cc(Cl)nc3ccnn23)c1.CC(C)(C)OC(=O)c1cccc(Nc2cc(Nc3cccc(Cl)c3)nc3ccnn23)c1. The third kappa shape index (κ3) is 10.5. The number of hydrogen-bond donors (Lipinski definition) is 3. The van der Waals surface area contributed by atoms with Crippen molar-refractivity contribution in [3.05, 3.63) is 131 Å². The molecule has 55 heavy (non-hydrogen) atoms. The number of nitrogens with one attached hydrogen (secondary N) is 3. The van der Waals surface area contributed by atoms with Crippen LogP contribution in [0, 0.1) is 0 Å². The van der Waals surface area contributed by atoms with Crippen molar-refractivity contribution in [2.45, 2.75) is 52.7 Å². The molecule has 0 saturated carbocycles. The molecule has 4 heterocycles. The minimum absolute atomic E-state index is 0.355. The van der Waals surface area contributed by atoms with Gasteiger partial charge in [0.1, 0.15) is 33.8 Å². The van der Waals surface area contributed by atoms with Gasteiger partial charge >= 0.3 is 11.9 Å². The van der Waals surface area contributed by atoms with E-state index in [0.29, 0.717) is 50.1 Å². The zero-order valence-corrected chi connectivity index (χ0v) is 32.5. The maximum Gasteiger partial charge on any atom is 0.338 e. The highest BCUT2D eigenvalue weighted by Gasteiger charge is 2.19. The molecule has 0 atom stereocenters. The minimum atomic E-state index is -0.562.